The molecule has 0 radical (unpaired) electrons. The minimum absolute atomic E-state index is 0.00631. The van der Waals surface area contributed by atoms with E-state index < -0.39 is 67.0 Å². The molecule has 2 aromatic carbocycles. The summed E-state index contributed by atoms with van der Waals surface area (Å²) in [7, 11) is -6.09. The van der Waals surface area contributed by atoms with Crippen molar-refractivity contribution in [3.63, 3.8) is 0 Å². The second kappa shape index (κ2) is 11.0. The number of ether oxygens (including phenoxy) is 1. The quantitative estimate of drug-likeness (QED) is 0.365. The van der Waals surface area contributed by atoms with Crippen LogP contribution in [0.5, 0.6) is 5.75 Å². The average molecular weight is 668 g/mol. The molecular weight excluding hydrogens is 638 g/mol. The van der Waals surface area contributed by atoms with Gasteiger partial charge in [-0.05, 0) is 73.6 Å². The van der Waals surface area contributed by atoms with Crippen LogP contribution < -0.4 is 14.4 Å². The molecule has 1 unspecified atom stereocenters. The number of nitrogens with one attached hydrogen (secondary N) is 1. The van der Waals surface area contributed by atoms with E-state index in [-0.39, 0.29) is 40.7 Å². The molecule has 1 saturated heterocycles. The molecule has 1 spiro atoms. The van der Waals surface area contributed by atoms with Gasteiger partial charge in [0, 0.05) is 23.2 Å². The summed E-state index contributed by atoms with van der Waals surface area (Å²) in [5.74, 6) is -1.87. The van der Waals surface area contributed by atoms with Crippen LogP contribution in [-0.4, -0.2) is 52.4 Å². The number of benzene rings is 2. The Morgan fingerprint density at radius 2 is 1.82 bits per heavy atom. The molecule has 1 atom stereocenters. The number of halogens is 4. The lowest BCUT2D eigenvalue weighted by Gasteiger charge is -2.41. The van der Waals surface area contributed by atoms with Gasteiger partial charge in [-0.3, -0.25) is 14.1 Å². The largest absolute Gasteiger partial charge is 0.497 e. The van der Waals surface area contributed by atoms with E-state index in [1.807, 2.05) is 0 Å². The van der Waals surface area contributed by atoms with E-state index in [0.717, 1.165) is 12.8 Å². The molecule has 2 aliphatic heterocycles. The number of pyridine rings is 1. The van der Waals surface area contributed by atoms with Gasteiger partial charge in [-0.15, -0.1) is 0 Å². The number of hydrogen-bond donors (Lipinski definition) is 1. The van der Waals surface area contributed by atoms with Gasteiger partial charge in [-0.2, -0.15) is 13.2 Å². The normalized spacial score (nSPS) is 20.6. The molecule has 1 saturated carbocycles. The molecule has 0 bridgehead atoms. The third-order valence-corrected chi connectivity index (χ3v) is 12.3. The van der Waals surface area contributed by atoms with Crippen molar-refractivity contribution in [3.8, 4) is 5.75 Å². The topological polar surface area (TPSA) is 123 Å². The Labute approximate surface area is 257 Å². The number of carbonyl (C=O) groups excluding carboxylic acids is 1. The van der Waals surface area contributed by atoms with Crippen molar-refractivity contribution in [2.75, 3.05) is 22.9 Å². The van der Waals surface area contributed by atoms with Crippen LogP contribution in [0, 0.1) is 11.7 Å². The summed E-state index contributed by atoms with van der Waals surface area (Å²) in [6.45, 7) is -0.496. The maximum atomic E-state index is 14.3. The SMILES string of the molecule is COc1cccc(S(=O)(=O)N2c3ccc(C(=O)NCc4ncc(C(F)(F)F)cc4F)cc3C3(CCS(=O)(=O)CC3)C2C2CC2)c1. The summed E-state index contributed by atoms with van der Waals surface area (Å²) in [5.41, 5.74) is -1.55. The number of alkyl halides is 3. The van der Waals surface area contributed by atoms with Gasteiger partial charge in [-0.1, -0.05) is 6.07 Å². The van der Waals surface area contributed by atoms with Crippen molar-refractivity contribution in [1.29, 1.82) is 0 Å². The Balaban J connectivity index is 1.38. The fraction of sp³-hybridized carbons (Fsp3) is 0.400. The minimum atomic E-state index is -4.78. The zero-order valence-corrected chi connectivity index (χ0v) is 25.6. The average Bonchev–Trinajstić information content (AvgIpc) is 3.80. The Kier molecular flexibility index (Phi) is 7.62. The molecule has 9 nitrogen and oxygen atoms in total. The number of carbonyl (C=O) groups is 1. The number of hydrogen-bond acceptors (Lipinski definition) is 7. The zero-order valence-electron chi connectivity index (χ0n) is 24.0. The van der Waals surface area contributed by atoms with Gasteiger partial charge < -0.3 is 10.1 Å². The molecule has 15 heteroatoms. The Hall–Kier alpha value is -3.72. The second-order valence-electron chi connectivity index (χ2n) is 11.6. The molecule has 1 N–H and O–H groups in total. The maximum absolute atomic E-state index is 14.3. The van der Waals surface area contributed by atoms with Crippen molar-refractivity contribution >= 4 is 31.5 Å². The summed E-state index contributed by atoms with van der Waals surface area (Å²) in [6, 6.07) is 10.3. The molecule has 1 amide bonds. The van der Waals surface area contributed by atoms with Crippen LogP contribution in [0.1, 0.15) is 52.9 Å². The fourth-order valence-electron chi connectivity index (χ4n) is 6.50. The lowest BCUT2D eigenvalue weighted by molar-refractivity contribution is -0.138. The highest BCUT2D eigenvalue weighted by molar-refractivity contribution is 7.93. The first-order chi connectivity index (χ1) is 21.2. The van der Waals surface area contributed by atoms with Crippen LogP contribution in [0.2, 0.25) is 0 Å². The van der Waals surface area contributed by atoms with Gasteiger partial charge in [0.2, 0.25) is 0 Å². The number of sulfone groups is 1. The molecule has 45 heavy (non-hydrogen) atoms. The van der Waals surface area contributed by atoms with E-state index in [9.17, 15) is 39.2 Å². The predicted octanol–water partition coefficient (Wildman–Crippen LogP) is 4.61. The number of rotatable bonds is 7. The summed E-state index contributed by atoms with van der Waals surface area (Å²) in [6.07, 6.45) is -2.44. The standard InChI is InChI=1S/C30H29F4N3O6S2/c1-43-21-3-2-4-22(15-21)45(41,42)37-26-8-7-19(28(38)36-17-25-24(31)14-20(16-35-25)30(32,33)34)13-23(26)29(27(37)18-5-6-18)9-11-44(39,40)12-10-29/h2-4,7-8,13-16,18,27H,5-6,9-12,17H2,1H3,(H,36,38). The molecule has 3 heterocycles. The second-order valence-corrected chi connectivity index (χ2v) is 15.8. The lowest BCUT2D eigenvalue weighted by atomic mass is 9.70. The van der Waals surface area contributed by atoms with Crippen LogP contribution >= 0.6 is 0 Å². The van der Waals surface area contributed by atoms with Crippen molar-refractivity contribution in [1.82, 2.24) is 10.3 Å². The smallest absolute Gasteiger partial charge is 0.417 e. The highest BCUT2D eigenvalue weighted by Gasteiger charge is 2.60. The van der Waals surface area contributed by atoms with E-state index in [1.165, 1.54) is 35.7 Å². The van der Waals surface area contributed by atoms with Crippen LogP contribution in [-0.2, 0) is 38.0 Å². The van der Waals surface area contributed by atoms with Crippen molar-refractivity contribution in [3.05, 3.63) is 82.9 Å². The Morgan fingerprint density at radius 1 is 1.11 bits per heavy atom. The third kappa shape index (κ3) is 5.64. The van der Waals surface area contributed by atoms with Crippen LogP contribution in [0.3, 0.4) is 0 Å². The third-order valence-electron chi connectivity index (χ3n) is 8.90. The molecule has 1 aliphatic carbocycles. The number of amides is 1. The molecule has 3 aromatic rings. The molecule has 240 valence electrons. The fourth-order valence-corrected chi connectivity index (χ4v) is 9.88. The van der Waals surface area contributed by atoms with Gasteiger partial charge >= 0.3 is 6.18 Å². The highest BCUT2D eigenvalue weighted by atomic mass is 32.2. The number of anilines is 1. The van der Waals surface area contributed by atoms with Gasteiger partial charge in [-0.25, -0.2) is 21.2 Å². The minimum Gasteiger partial charge on any atom is -0.497 e. The molecule has 3 aliphatic rings. The monoisotopic (exact) mass is 667 g/mol. The molecule has 1 aromatic heterocycles. The van der Waals surface area contributed by atoms with E-state index in [4.69, 9.17) is 4.74 Å². The lowest BCUT2D eigenvalue weighted by Crippen LogP contribution is -2.52. The van der Waals surface area contributed by atoms with Crippen molar-refractivity contribution in [2.24, 2.45) is 5.92 Å². The predicted molar refractivity (Wildman–Crippen MR) is 156 cm³/mol. The number of nitrogens with zero attached hydrogens (tertiary/aromatic N) is 2. The summed E-state index contributed by atoms with van der Waals surface area (Å²) >= 11 is 0. The number of methoxy groups -OCH3 is 1. The van der Waals surface area contributed by atoms with Gasteiger partial charge in [0.1, 0.15) is 21.4 Å². The Morgan fingerprint density at radius 3 is 2.44 bits per heavy atom. The highest BCUT2D eigenvalue weighted by Crippen LogP contribution is 2.59. The van der Waals surface area contributed by atoms with Crippen LogP contribution in [0.25, 0.3) is 0 Å². The van der Waals surface area contributed by atoms with E-state index >= 15 is 0 Å². The summed E-state index contributed by atoms with van der Waals surface area (Å²) < 4.78 is 113. The zero-order chi connectivity index (χ0) is 32.4. The summed E-state index contributed by atoms with van der Waals surface area (Å²) in [5, 5.41) is 2.47. The first-order valence-corrected chi connectivity index (χ1v) is 17.5. The van der Waals surface area contributed by atoms with Crippen LogP contribution in [0.4, 0.5) is 23.2 Å². The first-order valence-electron chi connectivity index (χ1n) is 14.2. The first kappa shape index (κ1) is 31.3. The van der Waals surface area contributed by atoms with Crippen LogP contribution in [0.15, 0.2) is 59.6 Å². The molecule has 6 rings (SSSR count). The van der Waals surface area contributed by atoms with Gasteiger partial charge in [0.25, 0.3) is 15.9 Å². The van der Waals surface area contributed by atoms with Gasteiger partial charge in [0.05, 0.1) is 53.0 Å². The van der Waals surface area contributed by atoms with E-state index in [0.29, 0.717) is 29.3 Å². The molecular formula is C30H29F4N3O6S2. The van der Waals surface area contributed by atoms with Crippen molar-refractivity contribution < 1.29 is 43.9 Å². The van der Waals surface area contributed by atoms with E-state index in [1.54, 1.807) is 18.2 Å². The number of sulfonamides is 1. The Bertz CT molecular complexity index is 1880. The summed E-state index contributed by atoms with van der Waals surface area (Å²) in [4.78, 5) is 16.8. The van der Waals surface area contributed by atoms with Crippen molar-refractivity contribution in [2.45, 2.75) is 54.8 Å². The molecule has 2 fully saturated rings. The van der Waals surface area contributed by atoms with Gasteiger partial charge in [0.15, 0.2) is 0 Å². The van der Waals surface area contributed by atoms with E-state index in [2.05, 4.69) is 10.3 Å². The maximum Gasteiger partial charge on any atom is 0.417 e. The number of aromatic nitrogens is 1. The number of fused-ring (bicyclic) bond motifs is 2.